The molecule has 6 nitrogen and oxygen atoms in total. The fourth-order valence-corrected chi connectivity index (χ4v) is 6.86. The minimum Gasteiger partial charge on any atom is -0.452 e. The maximum atomic E-state index is 13.5. The van der Waals surface area contributed by atoms with Gasteiger partial charge in [-0.2, -0.15) is 0 Å². The van der Waals surface area contributed by atoms with Crippen LogP contribution in [0.25, 0.3) is 10.8 Å². The van der Waals surface area contributed by atoms with Crippen LogP contribution in [0.15, 0.2) is 138 Å². The third-order valence-corrected chi connectivity index (χ3v) is 9.05. The van der Waals surface area contributed by atoms with E-state index in [0.29, 0.717) is 18.8 Å². The van der Waals surface area contributed by atoms with Crippen molar-refractivity contribution in [3.8, 4) is 0 Å². The van der Waals surface area contributed by atoms with Crippen LogP contribution in [0.5, 0.6) is 0 Å². The van der Waals surface area contributed by atoms with E-state index in [1.54, 1.807) is 12.1 Å². The average molecular weight is 605 g/mol. The first kappa shape index (κ1) is 28.8. The van der Waals surface area contributed by atoms with Crippen molar-refractivity contribution < 1.29 is 28.5 Å². The SMILES string of the molecule is O=C(O[C@@H]1[C@@H](OCc2ccccc2)[C@@H]2O[C@H](c3cccc4ccccc34)OC[C@@H]2O[C@H]1Sc1ccccc1)c1ccccc1. The molecule has 6 atom stereocenters. The third-order valence-electron chi connectivity index (χ3n) is 7.89. The molecular weight excluding hydrogens is 572 g/mol. The van der Waals surface area contributed by atoms with E-state index < -0.39 is 42.1 Å². The highest BCUT2D eigenvalue weighted by molar-refractivity contribution is 7.99. The van der Waals surface area contributed by atoms with E-state index in [0.717, 1.165) is 26.8 Å². The van der Waals surface area contributed by atoms with Gasteiger partial charge in [0.2, 0.25) is 0 Å². The van der Waals surface area contributed by atoms with Crippen LogP contribution < -0.4 is 0 Å². The summed E-state index contributed by atoms with van der Waals surface area (Å²) in [7, 11) is 0. The summed E-state index contributed by atoms with van der Waals surface area (Å²) in [4.78, 5) is 14.5. The number of rotatable bonds is 8. The fraction of sp³-hybridized carbons (Fsp3) is 0.216. The van der Waals surface area contributed by atoms with Crippen molar-refractivity contribution in [2.75, 3.05) is 6.61 Å². The van der Waals surface area contributed by atoms with E-state index >= 15 is 0 Å². The molecule has 0 aliphatic carbocycles. The van der Waals surface area contributed by atoms with E-state index in [9.17, 15) is 4.79 Å². The smallest absolute Gasteiger partial charge is 0.338 e. The van der Waals surface area contributed by atoms with Crippen molar-refractivity contribution in [3.63, 3.8) is 0 Å². The van der Waals surface area contributed by atoms with Crippen molar-refractivity contribution >= 4 is 28.5 Å². The fourth-order valence-electron chi connectivity index (χ4n) is 5.74. The quantitative estimate of drug-likeness (QED) is 0.169. The first-order valence-electron chi connectivity index (χ1n) is 14.8. The number of esters is 1. The van der Waals surface area contributed by atoms with Crippen molar-refractivity contribution in [1.82, 2.24) is 0 Å². The Hall–Kier alpha value is -3.98. The molecule has 0 bridgehead atoms. The summed E-state index contributed by atoms with van der Waals surface area (Å²) in [6.45, 7) is 0.620. The van der Waals surface area contributed by atoms with Crippen LogP contribution in [-0.2, 0) is 30.3 Å². The van der Waals surface area contributed by atoms with Crippen molar-refractivity contribution in [1.29, 1.82) is 0 Å². The summed E-state index contributed by atoms with van der Waals surface area (Å²) < 4.78 is 32.7. The highest BCUT2D eigenvalue weighted by Crippen LogP contribution is 2.42. The van der Waals surface area contributed by atoms with E-state index in [-0.39, 0.29) is 0 Å². The predicted molar refractivity (Wildman–Crippen MR) is 169 cm³/mol. The number of thioether (sulfide) groups is 1. The summed E-state index contributed by atoms with van der Waals surface area (Å²) in [5.74, 6) is -0.442. The second-order valence-electron chi connectivity index (χ2n) is 10.8. The zero-order chi connectivity index (χ0) is 29.7. The van der Waals surface area contributed by atoms with Crippen LogP contribution in [0.2, 0.25) is 0 Å². The molecule has 2 saturated heterocycles. The minimum atomic E-state index is -0.774. The number of fused-ring (bicyclic) bond motifs is 2. The Balaban J connectivity index is 1.24. The monoisotopic (exact) mass is 604 g/mol. The number of carbonyl (C=O) groups is 1. The minimum absolute atomic E-state index is 0.301. The highest BCUT2D eigenvalue weighted by Gasteiger charge is 2.53. The molecule has 0 N–H and O–H groups in total. The number of carbonyl (C=O) groups excluding carboxylic acids is 1. The molecule has 7 heteroatoms. The highest BCUT2D eigenvalue weighted by atomic mass is 32.2. The zero-order valence-electron chi connectivity index (χ0n) is 23.9. The first-order chi connectivity index (χ1) is 21.7. The standard InChI is InChI=1S/C37H32O6S/c38-35(27-16-6-2-7-17-27)42-34-33(39-23-25-13-4-1-5-14-25)32-31(41-37(34)44-28-19-8-3-9-20-28)24-40-36(43-32)30-22-12-18-26-15-10-11-21-29(26)30/h1-22,31-34,36-37H,23-24H2/t31-,32+,33-,34+,36+,37-/m0/s1. The van der Waals surface area contributed by atoms with Gasteiger partial charge in [0.15, 0.2) is 12.4 Å². The Morgan fingerprint density at radius 1 is 0.727 bits per heavy atom. The van der Waals surface area contributed by atoms with Gasteiger partial charge in [-0.15, -0.1) is 0 Å². The first-order valence-corrected chi connectivity index (χ1v) is 15.6. The summed E-state index contributed by atoms with van der Waals surface area (Å²) in [6, 6.07) is 43.2. The lowest BCUT2D eigenvalue weighted by Crippen LogP contribution is -2.62. The third kappa shape index (κ3) is 6.29. The molecular formula is C37H32O6S. The van der Waals surface area contributed by atoms with Gasteiger partial charge in [0.05, 0.1) is 18.8 Å². The average Bonchev–Trinajstić information content (AvgIpc) is 3.09. The van der Waals surface area contributed by atoms with Crippen molar-refractivity contribution in [3.05, 3.63) is 150 Å². The lowest BCUT2D eigenvalue weighted by molar-refractivity contribution is -0.324. The van der Waals surface area contributed by atoms with Crippen LogP contribution in [0, 0.1) is 0 Å². The van der Waals surface area contributed by atoms with Crippen molar-refractivity contribution in [2.45, 2.75) is 47.6 Å². The summed E-state index contributed by atoms with van der Waals surface area (Å²) in [5.41, 5.74) is 1.84. The van der Waals surface area contributed by atoms with E-state index in [4.69, 9.17) is 23.7 Å². The van der Waals surface area contributed by atoms with Crippen LogP contribution in [0.1, 0.15) is 27.8 Å². The maximum absolute atomic E-state index is 13.5. The lowest BCUT2D eigenvalue weighted by Gasteiger charge is -2.48. The van der Waals surface area contributed by atoms with Gasteiger partial charge in [-0.05, 0) is 40.6 Å². The Morgan fingerprint density at radius 3 is 2.20 bits per heavy atom. The van der Waals surface area contributed by atoms with Gasteiger partial charge in [0.1, 0.15) is 23.7 Å². The van der Waals surface area contributed by atoms with E-state index in [1.807, 2.05) is 103 Å². The van der Waals surface area contributed by atoms with Gasteiger partial charge in [-0.25, -0.2) is 4.79 Å². The molecule has 44 heavy (non-hydrogen) atoms. The summed E-state index contributed by atoms with van der Waals surface area (Å²) in [5, 5.41) is 2.16. The van der Waals surface area contributed by atoms with Crippen LogP contribution in [-0.4, -0.2) is 42.4 Å². The molecule has 0 amide bonds. The molecule has 0 aromatic heterocycles. The Labute approximate surface area is 260 Å². The predicted octanol–water partition coefficient (Wildman–Crippen LogP) is 7.58. The second-order valence-corrected chi connectivity index (χ2v) is 12.0. The molecule has 5 aromatic rings. The molecule has 0 spiro atoms. The largest absolute Gasteiger partial charge is 0.452 e. The molecule has 2 heterocycles. The van der Waals surface area contributed by atoms with Crippen LogP contribution in [0.3, 0.4) is 0 Å². The van der Waals surface area contributed by atoms with Crippen molar-refractivity contribution in [2.24, 2.45) is 0 Å². The molecule has 2 aliphatic heterocycles. The Bertz CT molecular complexity index is 1680. The van der Waals surface area contributed by atoms with Gasteiger partial charge in [0, 0.05) is 10.5 Å². The van der Waals surface area contributed by atoms with Gasteiger partial charge in [-0.3, -0.25) is 0 Å². The van der Waals surface area contributed by atoms with Gasteiger partial charge >= 0.3 is 5.97 Å². The number of hydrogen-bond donors (Lipinski definition) is 0. The van der Waals surface area contributed by atoms with Crippen LogP contribution in [0.4, 0.5) is 0 Å². The molecule has 2 aliphatic rings. The summed E-state index contributed by atoms with van der Waals surface area (Å²) >= 11 is 1.50. The Kier molecular flexibility index (Phi) is 8.72. The molecule has 222 valence electrons. The number of ether oxygens (including phenoxy) is 5. The lowest BCUT2D eigenvalue weighted by atomic mass is 9.97. The van der Waals surface area contributed by atoms with E-state index in [2.05, 4.69) is 18.2 Å². The van der Waals surface area contributed by atoms with E-state index in [1.165, 1.54) is 11.8 Å². The summed E-state index contributed by atoms with van der Waals surface area (Å²) in [6.07, 6.45) is -3.04. The van der Waals surface area contributed by atoms with Gasteiger partial charge in [-0.1, -0.05) is 121 Å². The second kappa shape index (κ2) is 13.3. The molecule has 0 radical (unpaired) electrons. The topological polar surface area (TPSA) is 63.2 Å². The molecule has 7 rings (SSSR count). The zero-order valence-corrected chi connectivity index (χ0v) is 24.8. The number of hydrogen-bond acceptors (Lipinski definition) is 7. The molecule has 2 fully saturated rings. The van der Waals surface area contributed by atoms with Gasteiger partial charge in [0.25, 0.3) is 0 Å². The van der Waals surface area contributed by atoms with Gasteiger partial charge < -0.3 is 23.7 Å². The maximum Gasteiger partial charge on any atom is 0.338 e. The molecule has 5 aromatic carbocycles. The van der Waals surface area contributed by atoms with Crippen LogP contribution >= 0.6 is 11.8 Å². The molecule has 0 unspecified atom stereocenters. The normalized spacial score (nSPS) is 24.8. The number of benzene rings is 5. The Morgan fingerprint density at radius 2 is 1.41 bits per heavy atom. The molecule has 0 saturated carbocycles.